The molecule has 1 aliphatic rings. The molecule has 4 rings (SSSR count). The van der Waals surface area contributed by atoms with E-state index < -0.39 is 6.04 Å². The van der Waals surface area contributed by atoms with Crippen molar-refractivity contribution in [1.82, 2.24) is 10.2 Å². The molecular formula is C26H29N3O6. The Labute approximate surface area is 204 Å². The quantitative estimate of drug-likeness (QED) is 0.501. The molecule has 9 nitrogen and oxygen atoms in total. The summed E-state index contributed by atoms with van der Waals surface area (Å²) < 4.78 is 21.6. The van der Waals surface area contributed by atoms with E-state index in [0.29, 0.717) is 36.8 Å². The second-order valence-corrected chi connectivity index (χ2v) is 7.94. The summed E-state index contributed by atoms with van der Waals surface area (Å²) in [7, 11) is 3.15. The predicted molar refractivity (Wildman–Crippen MR) is 130 cm³/mol. The fourth-order valence-corrected chi connectivity index (χ4v) is 4.17. The van der Waals surface area contributed by atoms with Crippen LogP contribution in [0.3, 0.4) is 0 Å². The van der Waals surface area contributed by atoms with Gasteiger partial charge in [0.15, 0.2) is 17.3 Å². The third-order valence-electron chi connectivity index (χ3n) is 5.88. The molecule has 2 heterocycles. The van der Waals surface area contributed by atoms with Crippen molar-refractivity contribution in [2.24, 2.45) is 0 Å². The number of carbonyl (C=O) groups excluding carboxylic acids is 2. The van der Waals surface area contributed by atoms with Crippen molar-refractivity contribution in [3.05, 3.63) is 71.7 Å². The van der Waals surface area contributed by atoms with Crippen molar-refractivity contribution < 1.29 is 28.2 Å². The first-order chi connectivity index (χ1) is 17.0. The van der Waals surface area contributed by atoms with E-state index in [0.717, 1.165) is 16.9 Å². The van der Waals surface area contributed by atoms with Gasteiger partial charge in [-0.3, -0.25) is 4.79 Å². The lowest BCUT2D eigenvalue weighted by Crippen LogP contribution is -2.46. The normalized spacial score (nSPS) is 14.6. The minimum atomic E-state index is -0.430. The number of methoxy groups -OCH3 is 2. The molecule has 184 valence electrons. The number of benzene rings is 2. The Kier molecular flexibility index (Phi) is 7.45. The van der Waals surface area contributed by atoms with Gasteiger partial charge >= 0.3 is 6.03 Å². The Balaban J connectivity index is 1.59. The van der Waals surface area contributed by atoms with Gasteiger partial charge in [-0.2, -0.15) is 0 Å². The highest BCUT2D eigenvalue weighted by molar-refractivity contribution is 5.92. The molecule has 0 spiro atoms. The van der Waals surface area contributed by atoms with Gasteiger partial charge < -0.3 is 34.2 Å². The van der Waals surface area contributed by atoms with Gasteiger partial charge in [-0.1, -0.05) is 0 Å². The lowest BCUT2D eigenvalue weighted by molar-refractivity contribution is 0.0909. The third-order valence-corrected chi connectivity index (χ3v) is 5.88. The second-order valence-electron chi connectivity index (χ2n) is 7.94. The molecule has 0 fully saturated rings. The first kappa shape index (κ1) is 24.0. The van der Waals surface area contributed by atoms with Crippen molar-refractivity contribution in [1.29, 1.82) is 0 Å². The molecule has 1 atom stereocenters. The number of furan rings is 1. The predicted octanol–water partition coefficient (Wildman–Crippen LogP) is 4.26. The highest BCUT2D eigenvalue weighted by atomic mass is 16.5. The van der Waals surface area contributed by atoms with Gasteiger partial charge in [-0.15, -0.1) is 0 Å². The topological polar surface area (TPSA) is 102 Å². The Hall–Kier alpha value is -4.14. The number of nitrogens with zero attached hydrogens (tertiary/aromatic N) is 1. The van der Waals surface area contributed by atoms with Crippen LogP contribution in [0.5, 0.6) is 17.2 Å². The Bertz CT molecular complexity index is 1160. The summed E-state index contributed by atoms with van der Waals surface area (Å²) in [6.45, 7) is 3.14. The zero-order valence-electron chi connectivity index (χ0n) is 20.0. The summed E-state index contributed by atoms with van der Waals surface area (Å²) in [4.78, 5) is 27.6. The van der Waals surface area contributed by atoms with Crippen LogP contribution in [0.1, 0.15) is 34.6 Å². The monoisotopic (exact) mass is 479 g/mol. The molecule has 3 amide bonds. The Morgan fingerprint density at radius 3 is 2.49 bits per heavy atom. The molecule has 2 N–H and O–H groups in total. The molecule has 1 unspecified atom stereocenters. The first-order valence-electron chi connectivity index (χ1n) is 11.4. The highest BCUT2D eigenvalue weighted by Crippen LogP contribution is 2.38. The maximum Gasteiger partial charge on any atom is 0.322 e. The summed E-state index contributed by atoms with van der Waals surface area (Å²) in [5.41, 5.74) is 2.57. The van der Waals surface area contributed by atoms with Crippen LogP contribution in [0.25, 0.3) is 0 Å². The van der Waals surface area contributed by atoms with Crippen LogP contribution in [0.4, 0.5) is 10.5 Å². The minimum absolute atomic E-state index is 0.193. The number of amides is 3. The molecule has 0 bridgehead atoms. The van der Waals surface area contributed by atoms with Crippen LogP contribution < -0.4 is 24.8 Å². The van der Waals surface area contributed by atoms with E-state index in [2.05, 4.69) is 10.6 Å². The van der Waals surface area contributed by atoms with Crippen molar-refractivity contribution in [2.45, 2.75) is 19.4 Å². The number of fused-ring (bicyclic) bond motifs is 1. The van der Waals surface area contributed by atoms with Crippen LogP contribution >= 0.6 is 0 Å². The van der Waals surface area contributed by atoms with E-state index >= 15 is 0 Å². The van der Waals surface area contributed by atoms with Crippen LogP contribution in [-0.4, -0.2) is 50.8 Å². The van der Waals surface area contributed by atoms with Gasteiger partial charge in [-0.25, -0.2) is 4.79 Å². The molecule has 0 saturated heterocycles. The van der Waals surface area contributed by atoms with E-state index in [1.54, 1.807) is 43.4 Å². The lowest BCUT2D eigenvalue weighted by atomic mass is 9.91. The smallest absolute Gasteiger partial charge is 0.322 e. The van der Waals surface area contributed by atoms with Crippen molar-refractivity contribution >= 4 is 17.6 Å². The number of hydrogen-bond acceptors (Lipinski definition) is 6. The number of ether oxygens (including phenoxy) is 3. The van der Waals surface area contributed by atoms with Gasteiger partial charge in [-0.05, 0) is 73.0 Å². The van der Waals surface area contributed by atoms with E-state index in [4.69, 9.17) is 18.6 Å². The van der Waals surface area contributed by atoms with Gasteiger partial charge in [0.1, 0.15) is 5.75 Å². The third kappa shape index (κ3) is 5.34. The largest absolute Gasteiger partial charge is 0.494 e. The highest BCUT2D eigenvalue weighted by Gasteiger charge is 2.33. The fraction of sp³-hybridized carbons (Fsp3) is 0.308. The van der Waals surface area contributed by atoms with Crippen LogP contribution in [-0.2, 0) is 6.42 Å². The SMILES string of the molecule is CCOc1ccc(NC(=O)N2CCc3cc(OC)c(OC)cc3C2CNC(=O)c2ccco2)cc1. The van der Waals surface area contributed by atoms with E-state index in [1.807, 2.05) is 31.2 Å². The Morgan fingerprint density at radius 1 is 1.09 bits per heavy atom. The molecule has 3 aromatic rings. The van der Waals surface area contributed by atoms with E-state index in [1.165, 1.54) is 6.26 Å². The lowest BCUT2D eigenvalue weighted by Gasteiger charge is -2.37. The summed E-state index contributed by atoms with van der Waals surface area (Å²) in [5, 5.41) is 5.84. The number of anilines is 1. The number of hydrogen-bond donors (Lipinski definition) is 2. The molecule has 0 saturated carbocycles. The standard InChI is InChI=1S/C26H29N3O6/c1-4-34-19-9-7-18(8-10-19)28-26(31)29-12-11-17-14-23(32-2)24(33-3)15-20(17)21(29)16-27-25(30)22-6-5-13-35-22/h5-10,13-15,21H,4,11-12,16H2,1-3H3,(H,27,30)(H,28,31). The van der Waals surface area contributed by atoms with E-state index in [-0.39, 0.29) is 24.2 Å². The summed E-state index contributed by atoms with van der Waals surface area (Å²) in [6.07, 6.45) is 2.08. The number of carbonyl (C=O) groups is 2. The maximum absolute atomic E-state index is 13.3. The summed E-state index contributed by atoms with van der Waals surface area (Å²) in [5.74, 6) is 1.77. The van der Waals surface area contributed by atoms with Crippen molar-refractivity contribution in [2.75, 3.05) is 39.2 Å². The molecule has 1 aliphatic heterocycles. The number of rotatable bonds is 8. The molecule has 2 aromatic carbocycles. The van der Waals surface area contributed by atoms with Crippen molar-refractivity contribution in [3.8, 4) is 17.2 Å². The van der Waals surface area contributed by atoms with Gasteiger partial charge in [0.2, 0.25) is 0 Å². The van der Waals surface area contributed by atoms with E-state index in [9.17, 15) is 9.59 Å². The van der Waals surface area contributed by atoms with Gasteiger partial charge in [0, 0.05) is 18.8 Å². The molecular weight excluding hydrogens is 450 g/mol. The molecule has 1 aromatic heterocycles. The van der Waals surface area contributed by atoms with Crippen LogP contribution in [0.2, 0.25) is 0 Å². The number of urea groups is 1. The molecule has 35 heavy (non-hydrogen) atoms. The zero-order valence-corrected chi connectivity index (χ0v) is 20.0. The first-order valence-corrected chi connectivity index (χ1v) is 11.4. The van der Waals surface area contributed by atoms with Gasteiger partial charge in [0.05, 0.1) is 33.1 Å². The van der Waals surface area contributed by atoms with Crippen LogP contribution in [0.15, 0.2) is 59.2 Å². The minimum Gasteiger partial charge on any atom is -0.494 e. The summed E-state index contributed by atoms with van der Waals surface area (Å²) >= 11 is 0. The van der Waals surface area contributed by atoms with Gasteiger partial charge in [0.25, 0.3) is 5.91 Å². The summed E-state index contributed by atoms with van der Waals surface area (Å²) in [6, 6.07) is 13.5. The fourth-order valence-electron chi connectivity index (χ4n) is 4.17. The zero-order chi connectivity index (χ0) is 24.8. The second kappa shape index (κ2) is 10.9. The number of nitrogens with one attached hydrogen (secondary N) is 2. The van der Waals surface area contributed by atoms with Crippen LogP contribution in [0, 0.1) is 0 Å². The van der Waals surface area contributed by atoms with Crippen molar-refractivity contribution in [3.63, 3.8) is 0 Å². The molecule has 0 radical (unpaired) electrons. The molecule has 0 aliphatic carbocycles. The average molecular weight is 480 g/mol. The maximum atomic E-state index is 13.3. The molecule has 9 heteroatoms. The average Bonchev–Trinajstić information content (AvgIpc) is 3.42. The Morgan fingerprint density at radius 2 is 1.83 bits per heavy atom.